The summed E-state index contributed by atoms with van der Waals surface area (Å²) in [5, 5.41) is 10.4. The Morgan fingerprint density at radius 1 is 0.933 bits per heavy atom. The van der Waals surface area contributed by atoms with E-state index >= 15 is 0 Å². The maximum absolute atomic E-state index is 10.4. The summed E-state index contributed by atoms with van der Waals surface area (Å²) >= 11 is 0. The van der Waals surface area contributed by atoms with Crippen LogP contribution in [0.25, 0.3) is 0 Å². The fourth-order valence-electron chi connectivity index (χ4n) is 4.45. The van der Waals surface area contributed by atoms with Crippen LogP contribution in [0.1, 0.15) is 24.0 Å². The number of benzene rings is 2. The lowest BCUT2D eigenvalue weighted by Gasteiger charge is -2.42. The van der Waals surface area contributed by atoms with Gasteiger partial charge in [0.1, 0.15) is 23.0 Å². The smallest absolute Gasteiger partial charge is 0.130 e. The molecule has 1 atom stereocenters. The molecule has 2 aromatic carbocycles. The molecule has 3 rings (SSSR count). The van der Waals surface area contributed by atoms with Crippen molar-refractivity contribution in [2.24, 2.45) is 5.41 Å². The van der Waals surface area contributed by atoms with Gasteiger partial charge in [-0.1, -0.05) is 12.1 Å². The van der Waals surface area contributed by atoms with Crippen molar-refractivity contribution in [3.8, 4) is 23.0 Å². The molecule has 0 radical (unpaired) electrons. The summed E-state index contributed by atoms with van der Waals surface area (Å²) in [6.45, 7) is 2.62. The third kappa shape index (κ3) is 4.99. The van der Waals surface area contributed by atoms with Crippen molar-refractivity contribution in [2.75, 3.05) is 48.1 Å². The number of nitrogens with zero attached hydrogens (tertiary/aromatic N) is 1. The average molecular weight is 416 g/mol. The quantitative estimate of drug-likeness (QED) is 0.676. The van der Waals surface area contributed by atoms with Crippen LogP contribution in [-0.4, -0.2) is 58.1 Å². The van der Waals surface area contributed by atoms with E-state index in [-0.39, 0.29) is 12.0 Å². The Kier molecular flexibility index (Phi) is 7.45. The van der Waals surface area contributed by atoms with E-state index in [4.69, 9.17) is 18.9 Å². The minimum atomic E-state index is -0.183. The highest BCUT2D eigenvalue weighted by molar-refractivity contribution is 5.50. The van der Waals surface area contributed by atoms with E-state index in [9.17, 15) is 5.11 Å². The molecule has 1 heterocycles. The molecule has 2 aromatic rings. The first-order chi connectivity index (χ1) is 14.6. The van der Waals surface area contributed by atoms with E-state index in [2.05, 4.69) is 17.0 Å². The van der Waals surface area contributed by atoms with E-state index in [0.29, 0.717) is 12.3 Å². The third-order valence-electron chi connectivity index (χ3n) is 5.99. The Balaban J connectivity index is 1.81. The molecular formula is C24H33NO5. The standard InChI is InChI=1S/C24H33NO5/c1-27-19-8-5-7-18(11-19)14-24(17-26)9-6-10-25(16-24)15-21-22(29-3)12-20(28-2)13-23(21)30-4/h5,7-8,11-13,26H,6,9-10,14-17H2,1-4H3/t24-/m0/s1. The molecule has 6 heteroatoms. The Morgan fingerprint density at radius 2 is 1.63 bits per heavy atom. The fourth-order valence-corrected chi connectivity index (χ4v) is 4.45. The van der Waals surface area contributed by atoms with Crippen LogP contribution in [0, 0.1) is 5.41 Å². The average Bonchev–Trinajstić information content (AvgIpc) is 2.79. The number of piperidine rings is 1. The zero-order valence-corrected chi connectivity index (χ0v) is 18.4. The van der Waals surface area contributed by atoms with Gasteiger partial charge < -0.3 is 24.1 Å². The summed E-state index contributed by atoms with van der Waals surface area (Å²) in [5.74, 6) is 3.05. The summed E-state index contributed by atoms with van der Waals surface area (Å²) in [6.07, 6.45) is 2.84. The first kappa shape index (κ1) is 22.2. The largest absolute Gasteiger partial charge is 0.497 e. The van der Waals surface area contributed by atoms with Crippen molar-refractivity contribution in [3.63, 3.8) is 0 Å². The van der Waals surface area contributed by atoms with Crippen LogP contribution in [-0.2, 0) is 13.0 Å². The topological polar surface area (TPSA) is 60.4 Å². The van der Waals surface area contributed by atoms with Gasteiger partial charge in [0.25, 0.3) is 0 Å². The molecule has 0 saturated carbocycles. The number of aliphatic hydroxyl groups excluding tert-OH is 1. The molecule has 1 aliphatic heterocycles. The molecule has 30 heavy (non-hydrogen) atoms. The second-order valence-electron chi connectivity index (χ2n) is 8.01. The number of methoxy groups -OCH3 is 4. The van der Waals surface area contributed by atoms with Crippen molar-refractivity contribution >= 4 is 0 Å². The van der Waals surface area contributed by atoms with Crippen LogP contribution in [0.15, 0.2) is 36.4 Å². The molecule has 1 aliphatic rings. The van der Waals surface area contributed by atoms with Gasteiger partial charge in [0.2, 0.25) is 0 Å². The molecule has 0 aromatic heterocycles. The lowest BCUT2D eigenvalue weighted by molar-refractivity contribution is 0.0282. The summed E-state index contributed by atoms with van der Waals surface area (Å²) in [6, 6.07) is 11.9. The van der Waals surface area contributed by atoms with E-state index in [1.54, 1.807) is 28.4 Å². The molecule has 0 aliphatic carbocycles. The van der Waals surface area contributed by atoms with Crippen molar-refractivity contribution in [3.05, 3.63) is 47.5 Å². The van der Waals surface area contributed by atoms with E-state index in [1.165, 1.54) is 5.56 Å². The highest BCUT2D eigenvalue weighted by Crippen LogP contribution is 2.38. The molecule has 1 N–H and O–H groups in total. The number of hydrogen-bond donors (Lipinski definition) is 1. The van der Waals surface area contributed by atoms with Crippen molar-refractivity contribution < 1.29 is 24.1 Å². The zero-order valence-electron chi connectivity index (χ0n) is 18.4. The van der Waals surface area contributed by atoms with E-state index in [1.807, 2.05) is 24.3 Å². The summed E-state index contributed by atoms with van der Waals surface area (Å²) < 4.78 is 22.0. The van der Waals surface area contributed by atoms with Crippen LogP contribution in [0.3, 0.4) is 0 Å². The lowest BCUT2D eigenvalue weighted by atomic mass is 9.75. The highest BCUT2D eigenvalue weighted by atomic mass is 16.5. The maximum Gasteiger partial charge on any atom is 0.130 e. The number of ether oxygens (including phenoxy) is 4. The van der Waals surface area contributed by atoms with Crippen LogP contribution in [0.2, 0.25) is 0 Å². The van der Waals surface area contributed by atoms with Gasteiger partial charge in [-0.05, 0) is 43.5 Å². The molecule has 6 nitrogen and oxygen atoms in total. The number of hydrogen-bond acceptors (Lipinski definition) is 6. The summed E-state index contributed by atoms with van der Waals surface area (Å²) in [7, 11) is 6.63. The molecule has 164 valence electrons. The predicted molar refractivity (Wildman–Crippen MR) is 117 cm³/mol. The second-order valence-corrected chi connectivity index (χ2v) is 8.01. The minimum Gasteiger partial charge on any atom is -0.497 e. The number of aliphatic hydroxyl groups is 1. The van der Waals surface area contributed by atoms with Crippen LogP contribution >= 0.6 is 0 Å². The first-order valence-corrected chi connectivity index (χ1v) is 10.3. The first-order valence-electron chi connectivity index (χ1n) is 10.3. The number of rotatable bonds is 9. The summed E-state index contributed by atoms with van der Waals surface area (Å²) in [4.78, 5) is 2.38. The van der Waals surface area contributed by atoms with Gasteiger partial charge in [-0.3, -0.25) is 4.90 Å². The molecule has 0 bridgehead atoms. The Morgan fingerprint density at radius 3 is 2.23 bits per heavy atom. The zero-order chi connectivity index (χ0) is 21.6. The van der Waals surface area contributed by atoms with Gasteiger partial charge in [0.05, 0.1) is 40.6 Å². The van der Waals surface area contributed by atoms with E-state index in [0.717, 1.165) is 55.2 Å². The van der Waals surface area contributed by atoms with Gasteiger partial charge in [0, 0.05) is 30.6 Å². The Bertz CT molecular complexity index is 815. The third-order valence-corrected chi connectivity index (χ3v) is 5.99. The Hall–Kier alpha value is -2.44. The van der Waals surface area contributed by atoms with Crippen LogP contribution in [0.4, 0.5) is 0 Å². The normalized spacial score (nSPS) is 19.4. The molecule has 1 fully saturated rings. The van der Waals surface area contributed by atoms with Crippen molar-refractivity contribution in [1.82, 2.24) is 4.90 Å². The monoisotopic (exact) mass is 415 g/mol. The number of likely N-dealkylation sites (tertiary alicyclic amines) is 1. The minimum absolute atomic E-state index is 0.150. The fraction of sp³-hybridized carbons (Fsp3) is 0.500. The van der Waals surface area contributed by atoms with Gasteiger partial charge in [-0.25, -0.2) is 0 Å². The van der Waals surface area contributed by atoms with E-state index < -0.39 is 0 Å². The van der Waals surface area contributed by atoms with Crippen molar-refractivity contribution in [1.29, 1.82) is 0 Å². The highest BCUT2D eigenvalue weighted by Gasteiger charge is 2.35. The summed E-state index contributed by atoms with van der Waals surface area (Å²) in [5.41, 5.74) is 2.00. The second kappa shape index (κ2) is 10.0. The molecule has 0 unspecified atom stereocenters. The van der Waals surface area contributed by atoms with Gasteiger partial charge >= 0.3 is 0 Å². The molecule has 0 spiro atoms. The maximum atomic E-state index is 10.4. The van der Waals surface area contributed by atoms with Gasteiger partial charge in [0.15, 0.2) is 0 Å². The van der Waals surface area contributed by atoms with Crippen LogP contribution < -0.4 is 18.9 Å². The SMILES string of the molecule is COc1cccc(C[C@@]2(CO)CCCN(Cc3c(OC)cc(OC)cc3OC)C2)c1. The lowest BCUT2D eigenvalue weighted by Crippen LogP contribution is -2.46. The van der Waals surface area contributed by atoms with Crippen molar-refractivity contribution in [2.45, 2.75) is 25.8 Å². The predicted octanol–water partition coefficient (Wildman–Crippen LogP) is 3.54. The van der Waals surface area contributed by atoms with Gasteiger partial charge in [-0.15, -0.1) is 0 Å². The molecule has 1 saturated heterocycles. The Labute approximate surface area is 179 Å². The molecular weight excluding hydrogens is 382 g/mol. The van der Waals surface area contributed by atoms with Gasteiger partial charge in [-0.2, -0.15) is 0 Å². The molecule has 0 amide bonds. The van der Waals surface area contributed by atoms with Crippen LogP contribution in [0.5, 0.6) is 23.0 Å².